The van der Waals surface area contributed by atoms with Crippen LogP contribution in [0.25, 0.3) is 0 Å². The van der Waals surface area contributed by atoms with Gasteiger partial charge in [0.1, 0.15) is 5.75 Å². The van der Waals surface area contributed by atoms with Gasteiger partial charge in [0.2, 0.25) is 0 Å². The molecule has 0 fully saturated rings. The first-order chi connectivity index (χ1) is 7.67. The molecule has 0 spiro atoms. The SMILES string of the molecule is CCc1ccc(OC(=O)CCCCl)c(Br)c1. The molecule has 0 amide bonds. The van der Waals surface area contributed by atoms with Gasteiger partial charge in [0.15, 0.2) is 0 Å². The smallest absolute Gasteiger partial charge is 0.311 e. The lowest BCUT2D eigenvalue weighted by molar-refractivity contribution is -0.134. The van der Waals surface area contributed by atoms with Gasteiger partial charge in [0.25, 0.3) is 0 Å². The Morgan fingerprint density at radius 3 is 2.81 bits per heavy atom. The molecule has 88 valence electrons. The van der Waals surface area contributed by atoms with Crippen molar-refractivity contribution < 1.29 is 9.53 Å². The van der Waals surface area contributed by atoms with Crippen molar-refractivity contribution in [2.45, 2.75) is 26.2 Å². The van der Waals surface area contributed by atoms with Gasteiger partial charge >= 0.3 is 5.97 Å². The van der Waals surface area contributed by atoms with Crippen LogP contribution < -0.4 is 4.74 Å². The maximum atomic E-state index is 11.4. The van der Waals surface area contributed by atoms with Gasteiger partial charge in [-0.25, -0.2) is 0 Å². The van der Waals surface area contributed by atoms with Crippen molar-refractivity contribution >= 4 is 33.5 Å². The Bertz CT molecular complexity index is 366. The summed E-state index contributed by atoms with van der Waals surface area (Å²) < 4.78 is 6.01. The standard InChI is InChI=1S/C12H14BrClO2/c1-2-9-5-6-11(10(13)8-9)16-12(15)4-3-7-14/h5-6,8H,2-4,7H2,1H3. The highest BCUT2D eigenvalue weighted by atomic mass is 79.9. The van der Waals surface area contributed by atoms with Crippen LogP contribution in [0.15, 0.2) is 22.7 Å². The number of benzene rings is 1. The molecule has 0 aromatic heterocycles. The molecule has 0 heterocycles. The number of rotatable bonds is 5. The average Bonchev–Trinajstić information content (AvgIpc) is 2.29. The number of carbonyl (C=O) groups is 1. The van der Waals surface area contributed by atoms with Crippen LogP contribution in [0.4, 0.5) is 0 Å². The Hall–Kier alpha value is -0.540. The molecular formula is C12H14BrClO2. The van der Waals surface area contributed by atoms with Gasteiger partial charge in [-0.15, -0.1) is 11.6 Å². The van der Waals surface area contributed by atoms with Crippen molar-refractivity contribution in [3.8, 4) is 5.75 Å². The minimum atomic E-state index is -0.245. The van der Waals surface area contributed by atoms with Crippen LogP contribution >= 0.6 is 27.5 Å². The van der Waals surface area contributed by atoms with E-state index in [2.05, 4.69) is 22.9 Å². The van der Waals surface area contributed by atoms with E-state index in [1.165, 1.54) is 5.56 Å². The molecule has 2 nitrogen and oxygen atoms in total. The van der Waals surface area contributed by atoms with Crippen molar-refractivity contribution in [1.29, 1.82) is 0 Å². The third-order valence-electron chi connectivity index (χ3n) is 2.14. The van der Waals surface area contributed by atoms with E-state index in [1.54, 1.807) is 0 Å². The fourth-order valence-electron chi connectivity index (χ4n) is 1.23. The van der Waals surface area contributed by atoms with Gasteiger partial charge < -0.3 is 4.74 Å². The second kappa shape index (κ2) is 6.92. The summed E-state index contributed by atoms with van der Waals surface area (Å²) in [6.07, 6.45) is 1.95. The number of carbonyl (C=O) groups excluding carboxylic acids is 1. The predicted molar refractivity (Wildman–Crippen MR) is 69.1 cm³/mol. The van der Waals surface area contributed by atoms with E-state index in [0.717, 1.165) is 10.9 Å². The molecule has 16 heavy (non-hydrogen) atoms. The maximum absolute atomic E-state index is 11.4. The molecule has 0 aliphatic carbocycles. The first-order valence-electron chi connectivity index (χ1n) is 5.22. The quantitative estimate of drug-likeness (QED) is 0.468. The molecule has 0 aliphatic rings. The zero-order valence-corrected chi connectivity index (χ0v) is 11.5. The molecule has 0 radical (unpaired) electrons. The molecule has 1 rings (SSSR count). The molecule has 0 unspecified atom stereocenters. The van der Waals surface area contributed by atoms with Gasteiger partial charge in [0, 0.05) is 12.3 Å². The zero-order valence-electron chi connectivity index (χ0n) is 9.13. The summed E-state index contributed by atoms with van der Waals surface area (Å²) in [6, 6.07) is 5.72. The first-order valence-corrected chi connectivity index (χ1v) is 6.55. The second-order valence-electron chi connectivity index (χ2n) is 3.38. The monoisotopic (exact) mass is 304 g/mol. The summed E-state index contributed by atoms with van der Waals surface area (Å²) in [4.78, 5) is 11.4. The van der Waals surface area contributed by atoms with E-state index in [0.29, 0.717) is 24.5 Å². The van der Waals surface area contributed by atoms with Crippen molar-refractivity contribution in [3.63, 3.8) is 0 Å². The summed E-state index contributed by atoms with van der Waals surface area (Å²) in [5.74, 6) is 0.799. The zero-order chi connectivity index (χ0) is 12.0. The van der Waals surface area contributed by atoms with E-state index in [1.807, 2.05) is 18.2 Å². The molecule has 1 aromatic carbocycles. The molecular weight excluding hydrogens is 291 g/mol. The largest absolute Gasteiger partial charge is 0.425 e. The van der Waals surface area contributed by atoms with Crippen LogP contribution in [0.5, 0.6) is 5.75 Å². The Labute approximate surface area is 109 Å². The van der Waals surface area contributed by atoms with Crippen LogP contribution in [-0.2, 0) is 11.2 Å². The summed E-state index contributed by atoms with van der Waals surface area (Å²) in [6.45, 7) is 2.08. The Balaban J connectivity index is 2.63. The number of esters is 1. The Morgan fingerprint density at radius 2 is 2.25 bits per heavy atom. The van der Waals surface area contributed by atoms with Crippen molar-refractivity contribution in [2.75, 3.05) is 5.88 Å². The molecule has 0 N–H and O–H groups in total. The van der Waals surface area contributed by atoms with Crippen molar-refractivity contribution in [1.82, 2.24) is 0 Å². The predicted octanol–water partition coefficient (Wildman–Crippen LogP) is 3.94. The first kappa shape index (κ1) is 13.5. The number of hydrogen-bond acceptors (Lipinski definition) is 2. The fraction of sp³-hybridized carbons (Fsp3) is 0.417. The third kappa shape index (κ3) is 4.14. The molecule has 0 bridgehead atoms. The Kier molecular flexibility index (Phi) is 5.85. The Morgan fingerprint density at radius 1 is 1.50 bits per heavy atom. The molecule has 1 aromatic rings. The van der Waals surface area contributed by atoms with E-state index in [4.69, 9.17) is 16.3 Å². The number of ether oxygens (including phenoxy) is 1. The average molecular weight is 306 g/mol. The summed E-state index contributed by atoms with van der Waals surface area (Å²) in [5.41, 5.74) is 1.20. The highest BCUT2D eigenvalue weighted by molar-refractivity contribution is 9.10. The molecule has 0 aliphatic heterocycles. The van der Waals surface area contributed by atoms with Gasteiger partial charge in [-0.05, 0) is 46.5 Å². The van der Waals surface area contributed by atoms with Crippen LogP contribution in [0.3, 0.4) is 0 Å². The molecule has 0 saturated carbocycles. The number of alkyl halides is 1. The number of aryl methyl sites for hydroxylation is 1. The lowest BCUT2D eigenvalue weighted by Crippen LogP contribution is -2.08. The van der Waals surface area contributed by atoms with Crippen molar-refractivity contribution in [3.05, 3.63) is 28.2 Å². The van der Waals surface area contributed by atoms with Gasteiger partial charge in [0.05, 0.1) is 4.47 Å². The fourth-order valence-corrected chi connectivity index (χ4v) is 1.87. The minimum Gasteiger partial charge on any atom is -0.425 e. The molecule has 0 saturated heterocycles. The van der Waals surface area contributed by atoms with Crippen molar-refractivity contribution in [2.24, 2.45) is 0 Å². The van der Waals surface area contributed by atoms with Gasteiger partial charge in [-0.3, -0.25) is 4.79 Å². The van der Waals surface area contributed by atoms with Crippen LogP contribution in [0.1, 0.15) is 25.3 Å². The molecule has 4 heteroatoms. The summed E-state index contributed by atoms with van der Waals surface area (Å²) >= 11 is 8.88. The maximum Gasteiger partial charge on any atom is 0.311 e. The van der Waals surface area contributed by atoms with E-state index in [9.17, 15) is 4.79 Å². The van der Waals surface area contributed by atoms with E-state index < -0.39 is 0 Å². The number of halogens is 2. The minimum absolute atomic E-state index is 0.245. The lowest BCUT2D eigenvalue weighted by atomic mass is 10.2. The van der Waals surface area contributed by atoms with Crippen LogP contribution in [0, 0.1) is 0 Å². The third-order valence-corrected chi connectivity index (χ3v) is 3.03. The summed E-state index contributed by atoms with van der Waals surface area (Å²) in [5, 5.41) is 0. The second-order valence-corrected chi connectivity index (χ2v) is 4.62. The highest BCUT2D eigenvalue weighted by Gasteiger charge is 2.07. The number of hydrogen-bond donors (Lipinski definition) is 0. The van der Waals surface area contributed by atoms with Gasteiger partial charge in [-0.2, -0.15) is 0 Å². The van der Waals surface area contributed by atoms with E-state index in [-0.39, 0.29) is 5.97 Å². The van der Waals surface area contributed by atoms with E-state index >= 15 is 0 Å². The topological polar surface area (TPSA) is 26.3 Å². The lowest BCUT2D eigenvalue weighted by Gasteiger charge is -2.07. The van der Waals surface area contributed by atoms with Crippen LogP contribution in [0.2, 0.25) is 0 Å². The van der Waals surface area contributed by atoms with Crippen LogP contribution in [-0.4, -0.2) is 11.8 Å². The summed E-state index contributed by atoms with van der Waals surface area (Å²) in [7, 11) is 0. The van der Waals surface area contributed by atoms with Gasteiger partial charge in [-0.1, -0.05) is 13.0 Å². The highest BCUT2D eigenvalue weighted by Crippen LogP contribution is 2.26. The molecule has 0 atom stereocenters. The normalized spacial score (nSPS) is 10.2.